The summed E-state index contributed by atoms with van der Waals surface area (Å²) >= 11 is 0. The Hall–Kier alpha value is -2.09. The molecule has 1 heterocycles. The molecule has 1 aliphatic heterocycles. The van der Waals surface area contributed by atoms with Gasteiger partial charge in [0.05, 0.1) is 5.92 Å². The minimum Gasteiger partial charge on any atom is -0.338 e. The van der Waals surface area contributed by atoms with E-state index in [-0.39, 0.29) is 5.92 Å². The highest BCUT2D eigenvalue weighted by atomic mass is 16.2. The number of rotatable bonds is 4. The molecule has 0 aromatic heterocycles. The molecule has 0 bridgehead atoms. The molecule has 1 aliphatic carbocycles. The minimum atomic E-state index is 0.200. The van der Waals surface area contributed by atoms with Crippen molar-refractivity contribution in [3.05, 3.63) is 71.8 Å². The second kappa shape index (κ2) is 5.84. The maximum Gasteiger partial charge on any atom is 0.226 e. The van der Waals surface area contributed by atoms with Crippen LogP contribution in [0, 0.1) is 17.8 Å². The Morgan fingerprint density at radius 2 is 1.61 bits per heavy atom. The molecule has 2 fully saturated rings. The number of hydrogen-bond acceptors (Lipinski definition) is 1. The van der Waals surface area contributed by atoms with Gasteiger partial charge in [-0.2, -0.15) is 0 Å². The van der Waals surface area contributed by atoms with Crippen molar-refractivity contribution in [1.29, 1.82) is 0 Å². The van der Waals surface area contributed by atoms with Gasteiger partial charge in [0.25, 0.3) is 0 Å². The van der Waals surface area contributed by atoms with Crippen molar-refractivity contribution in [3.63, 3.8) is 0 Å². The van der Waals surface area contributed by atoms with Crippen molar-refractivity contribution in [2.45, 2.75) is 25.8 Å². The van der Waals surface area contributed by atoms with Gasteiger partial charge in [0.2, 0.25) is 5.91 Å². The molecule has 2 heteroatoms. The summed E-state index contributed by atoms with van der Waals surface area (Å²) < 4.78 is 0. The predicted octanol–water partition coefficient (Wildman–Crippen LogP) is 4.08. The van der Waals surface area contributed by atoms with E-state index < -0.39 is 0 Å². The lowest BCUT2D eigenvalue weighted by Crippen LogP contribution is -2.45. The summed E-state index contributed by atoms with van der Waals surface area (Å²) in [6, 6.07) is 21.0. The Kier molecular flexibility index (Phi) is 3.68. The van der Waals surface area contributed by atoms with Gasteiger partial charge in [-0.3, -0.25) is 4.79 Å². The first-order chi connectivity index (χ1) is 11.3. The third-order valence-corrected chi connectivity index (χ3v) is 5.76. The lowest BCUT2D eigenvalue weighted by Gasteiger charge is -2.47. The van der Waals surface area contributed by atoms with Gasteiger partial charge >= 0.3 is 0 Å². The number of carbonyl (C=O) groups excluding carboxylic acids is 1. The van der Waals surface area contributed by atoms with E-state index in [2.05, 4.69) is 54.3 Å². The Morgan fingerprint density at radius 1 is 0.957 bits per heavy atom. The topological polar surface area (TPSA) is 20.3 Å². The van der Waals surface area contributed by atoms with Crippen molar-refractivity contribution in [2.24, 2.45) is 17.8 Å². The lowest BCUT2D eigenvalue weighted by atomic mass is 9.55. The molecule has 2 nitrogen and oxygen atoms in total. The summed E-state index contributed by atoms with van der Waals surface area (Å²) in [5.41, 5.74) is 2.57. The highest BCUT2D eigenvalue weighted by Crippen LogP contribution is 2.57. The summed E-state index contributed by atoms with van der Waals surface area (Å²) in [6.45, 7) is 3.95. The molecule has 1 saturated carbocycles. The molecule has 4 unspecified atom stereocenters. The highest BCUT2D eigenvalue weighted by Gasteiger charge is 2.58. The maximum atomic E-state index is 12.9. The molecule has 4 rings (SSSR count). The van der Waals surface area contributed by atoms with Crippen LogP contribution in [0.4, 0.5) is 0 Å². The first kappa shape index (κ1) is 14.5. The first-order valence-electron chi connectivity index (χ1n) is 8.67. The van der Waals surface area contributed by atoms with Gasteiger partial charge < -0.3 is 4.90 Å². The van der Waals surface area contributed by atoms with Gasteiger partial charge in [0.1, 0.15) is 0 Å². The fraction of sp³-hybridized carbons (Fsp3) is 0.381. The number of hydrogen-bond donors (Lipinski definition) is 0. The molecule has 0 spiro atoms. The van der Waals surface area contributed by atoms with E-state index in [0.717, 1.165) is 19.5 Å². The van der Waals surface area contributed by atoms with Crippen LogP contribution in [0.15, 0.2) is 60.7 Å². The molecule has 0 radical (unpaired) electrons. The summed E-state index contributed by atoms with van der Waals surface area (Å²) in [7, 11) is 0. The van der Waals surface area contributed by atoms with E-state index in [1.165, 1.54) is 11.1 Å². The number of carbonyl (C=O) groups is 1. The van der Waals surface area contributed by atoms with Crippen LogP contribution < -0.4 is 0 Å². The second-order valence-electron chi connectivity index (χ2n) is 6.90. The van der Waals surface area contributed by atoms with Gasteiger partial charge in [-0.15, -0.1) is 0 Å². The van der Waals surface area contributed by atoms with Crippen LogP contribution in [0.25, 0.3) is 0 Å². The Bertz CT molecular complexity index is 682. The van der Waals surface area contributed by atoms with Crippen LogP contribution in [0.5, 0.6) is 0 Å². The normalized spacial score (nSPS) is 29.3. The van der Waals surface area contributed by atoms with Gasteiger partial charge in [0, 0.05) is 13.1 Å². The molecular formula is C21H23NO. The summed E-state index contributed by atoms with van der Waals surface area (Å²) in [4.78, 5) is 15.0. The molecule has 4 atom stereocenters. The zero-order valence-electron chi connectivity index (χ0n) is 13.6. The van der Waals surface area contributed by atoms with Crippen LogP contribution in [0.1, 0.15) is 30.4 Å². The molecule has 2 aromatic rings. The van der Waals surface area contributed by atoms with E-state index >= 15 is 0 Å². The van der Waals surface area contributed by atoms with Crippen LogP contribution in [0.2, 0.25) is 0 Å². The number of nitrogens with zero attached hydrogens (tertiary/aromatic N) is 1. The Balaban J connectivity index is 1.56. The number of likely N-dealkylation sites (tertiary alicyclic amines) is 1. The largest absolute Gasteiger partial charge is 0.338 e. The smallest absolute Gasteiger partial charge is 0.226 e. The zero-order chi connectivity index (χ0) is 15.8. The Morgan fingerprint density at radius 3 is 2.26 bits per heavy atom. The van der Waals surface area contributed by atoms with Crippen molar-refractivity contribution in [1.82, 2.24) is 4.90 Å². The van der Waals surface area contributed by atoms with Gasteiger partial charge in [0.15, 0.2) is 0 Å². The second-order valence-corrected chi connectivity index (χ2v) is 6.90. The van der Waals surface area contributed by atoms with E-state index in [4.69, 9.17) is 0 Å². The van der Waals surface area contributed by atoms with Crippen LogP contribution in [0.3, 0.4) is 0 Å². The number of amides is 1. The van der Waals surface area contributed by atoms with E-state index in [1.807, 2.05) is 18.2 Å². The third-order valence-electron chi connectivity index (χ3n) is 5.76. The molecule has 2 aromatic carbocycles. The molecule has 1 saturated heterocycles. The van der Waals surface area contributed by atoms with E-state index in [9.17, 15) is 4.79 Å². The zero-order valence-corrected chi connectivity index (χ0v) is 13.6. The number of benzene rings is 2. The van der Waals surface area contributed by atoms with Crippen molar-refractivity contribution >= 4 is 5.91 Å². The van der Waals surface area contributed by atoms with Crippen LogP contribution >= 0.6 is 0 Å². The minimum absolute atomic E-state index is 0.200. The standard InChI is InChI=1S/C21H23NO/c1-2-17-18-14-22(13-15-9-5-3-6-10-15)21(23)20(18)19(17)16-11-7-4-8-12-16/h3-12,17-20H,2,13-14H2,1H3. The van der Waals surface area contributed by atoms with Crippen molar-refractivity contribution in [2.75, 3.05) is 6.54 Å². The van der Waals surface area contributed by atoms with E-state index in [1.54, 1.807) is 0 Å². The fourth-order valence-corrected chi connectivity index (χ4v) is 4.69. The average Bonchev–Trinajstić information content (AvgIpc) is 2.83. The van der Waals surface area contributed by atoms with Crippen LogP contribution in [-0.4, -0.2) is 17.4 Å². The molecule has 1 amide bonds. The average molecular weight is 305 g/mol. The monoisotopic (exact) mass is 305 g/mol. The highest BCUT2D eigenvalue weighted by molar-refractivity contribution is 5.84. The van der Waals surface area contributed by atoms with Crippen molar-refractivity contribution < 1.29 is 4.79 Å². The van der Waals surface area contributed by atoms with Crippen LogP contribution in [-0.2, 0) is 11.3 Å². The van der Waals surface area contributed by atoms with Crippen molar-refractivity contribution in [3.8, 4) is 0 Å². The fourth-order valence-electron chi connectivity index (χ4n) is 4.69. The molecular weight excluding hydrogens is 282 g/mol. The SMILES string of the molecule is CCC1C2CN(Cc3ccccc3)C(=O)C2C1c1ccccc1. The first-order valence-corrected chi connectivity index (χ1v) is 8.67. The van der Waals surface area contributed by atoms with E-state index in [0.29, 0.717) is 23.7 Å². The summed E-state index contributed by atoms with van der Waals surface area (Å²) in [5, 5.41) is 0. The lowest BCUT2D eigenvalue weighted by molar-refractivity contribution is -0.135. The molecule has 118 valence electrons. The molecule has 23 heavy (non-hydrogen) atoms. The predicted molar refractivity (Wildman–Crippen MR) is 91.8 cm³/mol. The quantitative estimate of drug-likeness (QED) is 0.833. The maximum absolute atomic E-state index is 12.9. The van der Waals surface area contributed by atoms with Gasteiger partial charge in [-0.25, -0.2) is 0 Å². The summed E-state index contributed by atoms with van der Waals surface area (Å²) in [5.74, 6) is 2.16. The van der Waals surface area contributed by atoms with Gasteiger partial charge in [-0.05, 0) is 28.9 Å². The molecule has 2 aliphatic rings. The summed E-state index contributed by atoms with van der Waals surface area (Å²) in [6.07, 6.45) is 1.16. The third kappa shape index (κ3) is 2.37. The number of fused-ring (bicyclic) bond motifs is 1. The molecule has 0 N–H and O–H groups in total. The van der Waals surface area contributed by atoms with Gasteiger partial charge in [-0.1, -0.05) is 74.0 Å². The Labute approximate surface area is 138 Å².